The molecule has 78 valence electrons. The third-order valence-electron chi connectivity index (χ3n) is 1.28. The maximum atomic E-state index is 10.4. The van der Waals surface area contributed by atoms with Crippen molar-refractivity contribution in [2.75, 3.05) is 0 Å². The minimum Gasteiger partial charge on any atom is -0.282 e. The molecule has 0 spiro atoms. The van der Waals surface area contributed by atoms with Crippen LogP contribution in [-0.2, 0) is 10.1 Å². The zero-order valence-corrected chi connectivity index (χ0v) is 11.7. The van der Waals surface area contributed by atoms with Gasteiger partial charge >= 0.3 is 29.6 Å². The van der Waals surface area contributed by atoms with Gasteiger partial charge in [0.15, 0.2) is 0 Å². The predicted molar refractivity (Wildman–Crippen MR) is 56.4 cm³/mol. The van der Waals surface area contributed by atoms with Gasteiger partial charge < -0.3 is 0 Å². The monoisotopic (exact) mass is 236 g/mol. The van der Waals surface area contributed by atoms with E-state index in [0.717, 1.165) is 0 Å². The SMILES string of the molecule is O=S(=O)(O)c1ccccc1.[CH2-]C=CC.[Na+]. The predicted octanol–water partition coefficient (Wildman–Crippen LogP) is -0.666. The average molecular weight is 236 g/mol. The summed E-state index contributed by atoms with van der Waals surface area (Å²) in [6, 6.07) is 7.42. The Hall–Kier alpha value is -0.260. The summed E-state index contributed by atoms with van der Waals surface area (Å²) in [6.45, 7) is 5.36. The van der Waals surface area contributed by atoms with E-state index < -0.39 is 10.1 Å². The van der Waals surface area contributed by atoms with Crippen LogP contribution in [-0.4, -0.2) is 13.0 Å². The van der Waals surface area contributed by atoms with Crippen LogP contribution in [0.2, 0.25) is 0 Å². The molecule has 0 heterocycles. The Morgan fingerprint density at radius 3 is 1.87 bits per heavy atom. The van der Waals surface area contributed by atoms with E-state index in [9.17, 15) is 8.42 Å². The Labute approximate surface area is 113 Å². The molecule has 3 nitrogen and oxygen atoms in total. The second kappa shape index (κ2) is 9.00. The van der Waals surface area contributed by atoms with Gasteiger partial charge in [0, 0.05) is 0 Å². The van der Waals surface area contributed by atoms with E-state index in [1.54, 1.807) is 24.3 Å². The van der Waals surface area contributed by atoms with Gasteiger partial charge in [0.2, 0.25) is 0 Å². The summed E-state index contributed by atoms with van der Waals surface area (Å²) in [5.41, 5.74) is 0. The third-order valence-corrected chi connectivity index (χ3v) is 2.14. The van der Waals surface area contributed by atoms with Crippen molar-refractivity contribution in [3.63, 3.8) is 0 Å². The van der Waals surface area contributed by atoms with E-state index in [4.69, 9.17) is 4.55 Å². The first-order valence-electron chi connectivity index (χ1n) is 3.95. The Balaban J connectivity index is 0. The van der Waals surface area contributed by atoms with Gasteiger partial charge in [-0.15, -0.1) is 6.92 Å². The fraction of sp³-hybridized carbons (Fsp3) is 0.100. The third kappa shape index (κ3) is 8.72. The summed E-state index contributed by atoms with van der Waals surface area (Å²) < 4.78 is 29.2. The van der Waals surface area contributed by atoms with Gasteiger partial charge in [-0.2, -0.15) is 8.42 Å². The van der Waals surface area contributed by atoms with Crippen molar-refractivity contribution in [1.29, 1.82) is 0 Å². The Morgan fingerprint density at radius 2 is 1.67 bits per heavy atom. The van der Waals surface area contributed by atoms with Crippen LogP contribution in [0, 0.1) is 6.92 Å². The van der Waals surface area contributed by atoms with Gasteiger partial charge in [-0.3, -0.25) is 4.55 Å². The maximum absolute atomic E-state index is 10.4. The van der Waals surface area contributed by atoms with Crippen LogP contribution in [0.15, 0.2) is 47.4 Å². The molecule has 0 radical (unpaired) electrons. The van der Waals surface area contributed by atoms with Crippen molar-refractivity contribution in [3.05, 3.63) is 49.4 Å². The van der Waals surface area contributed by atoms with Crippen molar-refractivity contribution in [3.8, 4) is 0 Å². The molecule has 0 saturated heterocycles. The van der Waals surface area contributed by atoms with Gasteiger partial charge in [-0.05, 0) is 12.1 Å². The molecule has 1 N–H and O–H groups in total. The Morgan fingerprint density at radius 1 is 1.27 bits per heavy atom. The van der Waals surface area contributed by atoms with E-state index in [1.165, 1.54) is 12.1 Å². The van der Waals surface area contributed by atoms with Crippen LogP contribution < -0.4 is 29.6 Å². The molecule has 0 unspecified atom stereocenters. The largest absolute Gasteiger partial charge is 1.00 e. The molecule has 0 fully saturated rings. The number of hydrogen-bond donors (Lipinski definition) is 1. The molecular weight excluding hydrogens is 223 g/mol. The van der Waals surface area contributed by atoms with Crippen molar-refractivity contribution in [1.82, 2.24) is 0 Å². The van der Waals surface area contributed by atoms with Gasteiger partial charge in [0.05, 0.1) is 4.90 Å². The molecule has 0 aliphatic heterocycles. The molecule has 0 aromatic heterocycles. The van der Waals surface area contributed by atoms with Crippen LogP contribution in [0.4, 0.5) is 0 Å². The fourth-order valence-corrected chi connectivity index (χ4v) is 1.09. The average Bonchev–Trinajstić information content (AvgIpc) is 2.18. The topological polar surface area (TPSA) is 54.4 Å². The first-order valence-corrected chi connectivity index (χ1v) is 5.39. The van der Waals surface area contributed by atoms with Crippen LogP contribution in [0.25, 0.3) is 0 Å². The van der Waals surface area contributed by atoms with Crippen molar-refractivity contribution in [2.45, 2.75) is 11.8 Å². The summed E-state index contributed by atoms with van der Waals surface area (Å²) in [4.78, 5) is -0.0741. The van der Waals surface area contributed by atoms with E-state index in [-0.39, 0.29) is 34.5 Å². The standard InChI is InChI=1S/C6H6O3S.C4H7.Na/c7-10(8,9)6-4-2-1-3-5-6;1-3-4-2;/h1-5H,(H,7,8,9);3-4H,1H2,2H3;/q;-1;+1. The normalized spacial score (nSPS) is 10.0. The quantitative estimate of drug-likeness (QED) is 0.400. The van der Waals surface area contributed by atoms with Crippen LogP contribution >= 0.6 is 0 Å². The summed E-state index contributed by atoms with van der Waals surface area (Å²) in [7, 11) is -4.00. The smallest absolute Gasteiger partial charge is 0.282 e. The number of allylic oxidation sites excluding steroid dienone is 2. The molecule has 0 bridgehead atoms. The van der Waals surface area contributed by atoms with Crippen LogP contribution in [0.1, 0.15) is 6.92 Å². The Bertz CT molecular complexity index is 367. The minimum absolute atomic E-state index is 0. The summed E-state index contributed by atoms with van der Waals surface area (Å²) in [6.07, 6.45) is 3.64. The van der Waals surface area contributed by atoms with E-state index in [2.05, 4.69) is 6.92 Å². The fourth-order valence-electron chi connectivity index (χ4n) is 0.592. The second-order valence-corrected chi connectivity index (χ2v) is 3.78. The van der Waals surface area contributed by atoms with Crippen LogP contribution in [0.5, 0.6) is 0 Å². The second-order valence-electron chi connectivity index (χ2n) is 2.36. The minimum atomic E-state index is -4.00. The van der Waals surface area contributed by atoms with Gasteiger partial charge in [-0.1, -0.05) is 18.2 Å². The van der Waals surface area contributed by atoms with E-state index >= 15 is 0 Å². The molecular formula is C10H13NaO3S. The first-order chi connectivity index (χ1) is 6.52. The number of benzene rings is 1. The molecule has 15 heavy (non-hydrogen) atoms. The molecule has 1 rings (SSSR count). The molecule has 5 heteroatoms. The van der Waals surface area contributed by atoms with Gasteiger partial charge in [-0.25, -0.2) is 19.1 Å². The van der Waals surface area contributed by atoms with Crippen molar-refractivity contribution >= 4 is 10.1 Å². The van der Waals surface area contributed by atoms with Crippen LogP contribution in [0.3, 0.4) is 0 Å². The first kappa shape index (κ1) is 17.1. The van der Waals surface area contributed by atoms with Gasteiger partial charge in [0.25, 0.3) is 10.1 Å². The molecule has 0 aliphatic carbocycles. The molecule has 1 aromatic rings. The number of hydrogen-bond acceptors (Lipinski definition) is 2. The zero-order chi connectivity index (χ0) is 11.0. The molecule has 0 amide bonds. The molecule has 0 saturated carbocycles. The maximum Gasteiger partial charge on any atom is 1.00 e. The Kier molecular flexibility index (Phi) is 10.3. The van der Waals surface area contributed by atoms with Gasteiger partial charge in [0.1, 0.15) is 0 Å². The van der Waals surface area contributed by atoms with Crippen molar-refractivity contribution in [2.24, 2.45) is 0 Å². The van der Waals surface area contributed by atoms with E-state index in [1.807, 2.05) is 13.0 Å². The summed E-state index contributed by atoms with van der Waals surface area (Å²) in [5.74, 6) is 0. The molecule has 0 atom stereocenters. The summed E-state index contributed by atoms with van der Waals surface area (Å²) >= 11 is 0. The number of rotatable bonds is 1. The molecule has 0 aliphatic rings. The molecule has 1 aromatic carbocycles. The van der Waals surface area contributed by atoms with E-state index in [0.29, 0.717) is 0 Å². The van der Waals surface area contributed by atoms with Crippen molar-refractivity contribution < 1.29 is 42.5 Å². The zero-order valence-electron chi connectivity index (χ0n) is 8.92. The summed E-state index contributed by atoms with van der Waals surface area (Å²) in [5, 5.41) is 0.